The lowest BCUT2D eigenvalue weighted by Gasteiger charge is -2.34. The zero-order valence-corrected chi connectivity index (χ0v) is 12.6. The number of amides is 2. The molecule has 126 valence electrons. The minimum absolute atomic E-state index is 0.0409. The monoisotopic (exact) mass is 329 g/mol. The second-order valence-corrected chi connectivity index (χ2v) is 5.40. The van der Waals surface area contributed by atoms with Crippen LogP contribution in [0.3, 0.4) is 0 Å². The minimum atomic E-state index is -4.44. The highest BCUT2D eigenvalue weighted by Crippen LogP contribution is 2.29. The number of hydrogen-bond acceptors (Lipinski definition) is 3. The minimum Gasteiger partial charge on any atom is -0.343 e. The highest BCUT2D eigenvalue weighted by molar-refractivity contribution is 5.96. The van der Waals surface area contributed by atoms with Gasteiger partial charge in [0.15, 0.2) is 0 Å². The number of hydrogen-bond donors (Lipinski definition) is 2. The molecule has 0 spiro atoms. The van der Waals surface area contributed by atoms with E-state index < -0.39 is 17.6 Å². The van der Waals surface area contributed by atoms with Crippen molar-refractivity contribution in [2.75, 3.05) is 26.2 Å². The predicted molar refractivity (Wildman–Crippen MR) is 77.8 cm³/mol. The van der Waals surface area contributed by atoms with Crippen LogP contribution in [0.2, 0.25) is 0 Å². The summed E-state index contributed by atoms with van der Waals surface area (Å²) in [6, 6.07) is 3.91. The van der Waals surface area contributed by atoms with E-state index in [2.05, 4.69) is 10.6 Å². The van der Waals surface area contributed by atoms with Crippen molar-refractivity contribution in [1.82, 2.24) is 15.5 Å². The van der Waals surface area contributed by atoms with Crippen LogP contribution >= 0.6 is 0 Å². The summed E-state index contributed by atoms with van der Waals surface area (Å²) in [5.74, 6) is -0.783. The zero-order chi connectivity index (χ0) is 17.0. The molecule has 2 N–H and O–H groups in total. The van der Waals surface area contributed by atoms with Crippen molar-refractivity contribution in [3.8, 4) is 0 Å². The van der Waals surface area contributed by atoms with Crippen LogP contribution < -0.4 is 10.6 Å². The van der Waals surface area contributed by atoms with Gasteiger partial charge in [-0.2, -0.15) is 13.2 Å². The molecule has 1 aromatic rings. The van der Waals surface area contributed by atoms with Crippen molar-refractivity contribution < 1.29 is 22.8 Å². The van der Waals surface area contributed by atoms with E-state index in [4.69, 9.17) is 0 Å². The largest absolute Gasteiger partial charge is 0.416 e. The molecular formula is C15H18F3N3O2. The third-order valence-corrected chi connectivity index (χ3v) is 3.70. The summed E-state index contributed by atoms with van der Waals surface area (Å²) >= 11 is 0. The molecule has 2 amide bonds. The first kappa shape index (κ1) is 17.3. The molecule has 1 fully saturated rings. The van der Waals surface area contributed by atoms with Gasteiger partial charge in [-0.05, 0) is 31.2 Å². The van der Waals surface area contributed by atoms with E-state index in [1.807, 2.05) is 6.92 Å². The Morgan fingerprint density at radius 3 is 2.52 bits per heavy atom. The Morgan fingerprint density at radius 1 is 1.30 bits per heavy atom. The van der Waals surface area contributed by atoms with E-state index in [0.29, 0.717) is 19.6 Å². The normalized spacial score (nSPS) is 18.6. The number of rotatable bonds is 3. The Morgan fingerprint density at radius 2 is 1.96 bits per heavy atom. The van der Waals surface area contributed by atoms with Crippen molar-refractivity contribution in [1.29, 1.82) is 0 Å². The van der Waals surface area contributed by atoms with Gasteiger partial charge < -0.3 is 15.5 Å². The molecule has 1 aromatic carbocycles. The molecule has 1 atom stereocenters. The molecule has 1 saturated heterocycles. The summed E-state index contributed by atoms with van der Waals surface area (Å²) in [5, 5.41) is 5.60. The SMILES string of the molecule is CC1CNCCN1C(=O)CNC(=O)c1ccc(C(F)(F)F)cc1. The number of carbonyl (C=O) groups is 2. The molecule has 1 heterocycles. The van der Waals surface area contributed by atoms with Crippen molar-refractivity contribution >= 4 is 11.8 Å². The predicted octanol–water partition coefficient (Wildman–Crippen LogP) is 1.26. The van der Waals surface area contributed by atoms with Crippen LogP contribution in [-0.4, -0.2) is 48.9 Å². The molecule has 0 bridgehead atoms. The summed E-state index contributed by atoms with van der Waals surface area (Å²) in [6.45, 7) is 3.68. The van der Waals surface area contributed by atoms with Crippen LogP contribution in [0.25, 0.3) is 0 Å². The number of alkyl halides is 3. The van der Waals surface area contributed by atoms with Crippen LogP contribution in [0, 0.1) is 0 Å². The summed E-state index contributed by atoms with van der Waals surface area (Å²) in [5.41, 5.74) is -0.737. The van der Waals surface area contributed by atoms with E-state index in [0.717, 1.165) is 24.3 Å². The quantitative estimate of drug-likeness (QED) is 0.878. The maximum absolute atomic E-state index is 12.5. The molecule has 0 radical (unpaired) electrons. The topological polar surface area (TPSA) is 61.4 Å². The lowest BCUT2D eigenvalue weighted by molar-refractivity contribution is -0.137. The fourth-order valence-electron chi connectivity index (χ4n) is 2.38. The van der Waals surface area contributed by atoms with Gasteiger partial charge >= 0.3 is 6.18 Å². The maximum Gasteiger partial charge on any atom is 0.416 e. The number of halogens is 3. The Kier molecular flexibility index (Phi) is 5.25. The molecule has 2 rings (SSSR count). The highest BCUT2D eigenvalue weighted by Gasteiger charge is 2.30. The van der Waals surface area contributed by atoms with Gasteiger partial charge in [-0.1, -0.05) is 0 Å². The van der Waals surface area contributed by atoms with Crippen LogP contribution in [0.15, 0.2) is 24.3 Å². The van der Waals surface area contributed by atoms with Crippen molar-refractivity contribution in [2.24, 2.45) is 0 Å². The molecule has 23 heavy (non-hydrogen) atoms. The molecule has 0 aromatic heterocycles. The average molecular weight is 329 g/mol. The van der Waals surface area contributed by atoms with Crippen molar-refractivity contribution in [3.05, 3.63) is 35.4 Å². The number of carbonyl (C=O) groups excluding carboxylic acids is 2. The van der Waals surface area contributed by atoms with Crippen molar-refractivity contribution in [2.45, 2.75) is 19.1 Å². The van der Waals surface area contributed by atoms with E-state index in [1.165, 1.54) is 0 Å². The second-order valence-electron chi connectivity index (χ2n) is 5.40. The van der Waals surface area contributed by atoms with Gasteiger partial charge in [-0.25, -0.2) is 0 Å². The molecule has 1 unspecified atom stereocenters. The number of nitrogens with one attached hydrogen (secondary N) is 2. The first-order chi connectivity index (χ1) is 10.8. The van der Waals surface area contributed by atoms with E-state index in [1.54, 1.807) is 4.90 Å². The third kappa shape index (κ3) is 4.44. The van der Waals surface area contributed by atoms with Gasteiger partial charge in [0, 0.05) is 31.2 Å². The van der Waals surface area contributed by atoms with Crippen LogP contribution in [0.5, 0.6) is 0 Å². The molecule has 5 nitrogen and oxygen atoms in total. The van der Waals surface area contributed by atoms with E-state index in [9.17, 15) is 22.8 Å². The Balaban J connectivity index is 1.90. The van der Waals surface area contributed by atoms with E-state index in [-0.39, 0.29) is 24.1 Å². The summed E-state index contributed by atoms with van der Waals surface area (Å²) < 4.78 is 37.4. The second kappa shape index (κ2) is 6.99. The van der Waals surface area contributed by atoms with E-state index >= 15 is 0 Å². The standard InChI is InChI=1S/C15H18F3N3O2/c1-10-8-19-6-7-21(10)13(22)9-20-14(23)11-2-4-12(5-3-11)15(16,17)18/h2-5,10,19H,6-9H2,1H3,(H,20,23). The van der Waals surface area contributed by atoms with Crippen LogP contribution in [0.4, 0.5) is 13.2 Å². The molecular weight excluding hydrogens is 311 g/mol. The van der Waals surface area contributed by atoms with Gasteiger partial charge in [-0.3, -0.25) is 9.59 Å². The first-order valence-electron chi connectivity index (χ1n) is 7.24. The van der Waals surface area contributed by atoms with Gasteiger partial charge in [0.1, 0.15) is 0 Å². The molecule has 0 saturated carbocycles. The van der Waals surface area contributed by atoms with Gasteiger partial charge in [0.25, 0.3) is 5.91 Å². The maximum atomic E-state index is 12.5. The van der Waals surface area contributed by atoms with Crippen LogP contribution in [-0.2, 0) is 11.0 Å². The average Bonchev–Trinajstić information content (AvgIpc) is 2.52. The van der Waals surface area contributed by atoms with Crippen LogP contribution in [0.1, 0.15) is 22.8 Å². The van der Waals surface area contributed by atoms with Gasteiger partial charge in [0.05, 0.1) is 12.1 Å². The summed E-state index contributed by atoms with van der Waals surface area (Å²) in [7, 11) is 0. The molecule has 1 aliphatic heterocycles. The third-order valence-electron chi connectivity index (χ3n) is 3.70. The smallest absolute Gasteiger partial charge is 0.343 e. The lowest BCUT2D eigenvalue weighted by atomic mass is 10.1. The summed E-state index contributed by atoms with van der Waals surface area (Å²) in [6.07, 6.45) is -4.44. The first-order valence-corrected chi connectivity index (χ1v) is 7.24. The Bertz CT molecular complexity index is 572. The number of benzene rings is 1. The Hall–Kier alpha value is -2.09. The van der Waals surface area contributed by atoms with Gasteiger partial charge in [-0.15, -0.1) is 0 Å². The summed E-state index contributed by atoms with van der Waals surface area (Å²) in [4.78, 5) is 25.6. The van der Waals surface area contributed by atoms with Gasteiger partial charge in [0.2, 0.25) is 5.91 Å². The highest BCUT2D eigenvalue weighted by atomic mass is 19.4. The molecule has 1 aliphatic rings. The number of piperazine rings is 1. The lowest BCUT2D eigenvalue weighted by Crippen LogP contribution is -2.54. The Labute approximate surface area is 131 Å². The molecule has 8 heteroatoms. The fourth-order valence-corrected chi connectivity index (χ4v) is 2.38. The fraction of sp³-hybridized carbons (Fsp3) is 0.467. The molecule has 0 aliphatic carbocycles. The number of nitrogens with zero attached hydrogens (tertiary/aromatic N) is 1. The zero-order valence-electron chi connectivity index (χ0n) is 12.6. The van der Waals surface area contributed by atoms with Crippen molar-refractivity contribution in [3.63, 3.8) is 0 Å².